The van der Waals surface area contributed by atoms with E-state index in [9.17, 15) is 4.79 Å². The summed E-state index contributed by atoms with van der Waals surface area (Å²) in [6.07, 6.45) is 5.41. The third-order valence-electron chi connectivity index (χ3n) is 4.07. The summed E-state index contributed by atoms with van der Waals surface area (Å²) in [6, 6.07) is 17.9. The molecular weight excluding hydrogens is 439 g/mol. The molecule has 2 aromatic carbocycles. The Morgan fingerprint density at radius 2 is 1.92 bits per heavy atom. The summed E-state index contributed by atoms with van der Waals surface area (Å²) in [5.74, 6) is 0.689. The number of aromatic nitrogens is 1. The Balaban J connectivity index is 0.00000243. The molecule has 26 heavy (non-hydrogen) atoms. The number of methoxy groups -OCH3 is 1. The highest BCUT2D eigenvalue weighted by molar-refractivity contribution is 5.92. The smallest absolute Gasteiger partial charge is 0.244 e. The maximum Gasteiger partial charge on any atom is 0.244 e. The first-order chi connectivity index (χ1) is 12.2. The number of carbonyl (C=O) groups excluding carboxylic acids is 1. The van der Waals surface area contributed by atoms with Crippen molar-refractivity contribution < 1.29 is 38.1 Å². The van der Waals surface area contributed by atoms with Gasteiger partial charge < -0.3 is 34.0 Å². The minimum Gasteiger partial charge on any atom is -1.00 e. The number of hydrogen-bond acceptors (Lipinski definition) is 2. The molecule has 4 nitrogen and oxygen atoms in total. The van der Waals surface area contributed by atoms with Crippen LogP contribution < -0.4 is 38.6 Å². The van der Waals surface area contributed by atoms with Crippen molar-refractivity contribution >= 4 is 22.9 Å². The van der Waals surface area contributed by atoms with E-state index in [4.69, 9.17) is 4.74 Å². The molecule has 0 saturated carbocycles. The number of nitrogens with zero attached hydrogens (tertiary/aromatic N) is 1. The molecule has 0 bridgehead atoms. The Kier molecular flexibility index (Phi) is 7.15. The lowest BCUT2D eigenvalue weighted by Crippen LogP contribution is -3.00. The summed E-state index contributed by atoms with van der Waals surface area (Å²) in [5, 5.41) is 4.03. The SMILES string of the molecule is COc1ccc(CNC(=O)C=Cc2ccc3c(ccc[n+]3C)c2)cc1.[I-]. The van der Waals surface area contributed by atoms with Crippen molar-refractivity contribution in [3.05, 3.63) is 78.0 Å². The summed E-state index contributed by atoms with van der Waals surface area (Å²) < 4.78 is 7.19. The molecule has 134 valence electrons. The molecule has 1 aromatic heterocycles. The molecule has 0 atom stereocenters. The number of hydrogen-bond donors (Lipinski definition) is 1. The van der Waals surface area contributed by atoms with Crippen molar-refractivity contribution in [1.29, 1.82) is 0 Å². The molecular formula is C21H21IN2O2. The zero-order chi connectivity index (χ0) is 17.6. The lowest BCUT2D eigenvalue weighted by Gasteiger charge is -2.04. The molecule has 1 heterocycles. The summed E-state index contributed by atoms with van der Waals surface area (Å²) in [7, 11) is 3.65. The first kappa shape index (κ1) is 19.9. The van der Waals surface area contributed by atoms with Gasteiger partial charge in [-0.25, -0.2) is 4.57 Å². The molecule has 0 radical (unpaired) electrons. The Hall–Kier alpha value is -2.41. The van der Waals surface area contributed by atoms with E-state index in [1.807, 2.05) is 55.7 Å². The highest BCUT2D eigenvalue weighted by atomic mass is 127. The Labute approximate surface area is 170 Å². The van der Waals surface area contributed by atoms with Crippen LogP contribution in [0.5, 0.6) is 5.75 Å². The van der Waals surface area contributed by atoms with Crippen molar-refractivity contribution in [3.8, 4) is 5.75 Å². The molecule has 0 aliphatic heterocycles. The largest absolute Gasteiger partial charge is 1.00 e. The van der Waals surface area contributed by atoms with E-state index >= 15 is 0 Å². The number of nitrogens with one attached hydrogen (secondary N) is 1. The Morgan fingerprint density at radius 1 is 1.15 bits per heavy atom. The van der Waals surface area contributed by atoms with E-state index in [2.05, 4.69) is 28.1 Å². The molecule has 1 amide bonds. The highest BCUT2D eigenvalue weighted by Crippen LogP contribution is 2.13. The predicted molar refractivity (Wildman–Crippen MR) is 99.0 cm³/mol. The average Bonchev–Trinajstić information content (AvgIpc) is 2.65. The molecule has 0 saturated heterocycles. The van der Waals surface area contributed by atoms with Gasteiger partial charge >= 0.3 is 0 Å². The highest BCUT2D eigenvalue weighted by Gasteiger charge is 2.03. The van der Waals surface area contributed by atoms with Crippen LogP contribution >= 0.6 is 0 Å². The van der Waals surface area contributed by atoms with Crippen LogP contribution in [-0.2, 0) is 18.4 Å². The molecule has 0 fully saturated rings. The van der Waals surface area contributed by atoms with E-state index in [-0.39, 0.29) is 29.9 Å². The fourth-order valence-electron chi connectivity index (χ4n) is 2.65. The number of benzene rings is 2. The van der Waals surface area contributed by atoms with Crippen LogP contribution in [0.15, 0.2) is 66.9 Å². The van der Waals surface area contributed by atoms with Crippen molar-refractivity contribution in [2.75, 3.05) is 7.11 Å². The minimum absolute atomic E-state index is 0. The van der Waals surface area contributed by atoms with Gasteiger partial charge in [0.2, 0.25) is 11.4 Å². The number of rotatable bonds is 5. The number of aryl methyl sites for hydroxylation is 1. The summed E-state index contributed by atoms with van der Waals surface area (Å²) in [6.45, 7) is 0.487. The number of carbonyl (C=O) groups is 1. The van der Waals surface area contributed by atoms with Crippen LogP contribution in [0.2, 0.25) is 0 Å². The zero-order valence-electron chi connectivity index (χ0n) is 14.8. The summed E-state index contributed by atoms with van der Waals surface area (Å²) >= 11 is 0. The van der Waals surface area contributed by atoms with Crippen molar-refractivity contribution in [1.82, 2.24) is 5.32 Å². The van der Waals surface area contributed by atoms with Crippen LogP contribution in [0.1, 0.15) is 11.1 Å². The quantitative estimate of drug-likeness (QED) is 0.331. The number of ether oxygens (including phenoxy) is 1. The average molecular weight is 460 g/mol. The number of halogens is 1. The Morgan fingerprint density at radius 3 is 2.65 bits per heavy atom. The topological polar surface area (TPSA) is 42.2 Å². The molecule has 0 spiro atoms. The van der Waals surface area contributed by atoms with Gasteiger partial charge in [-0.2, -0.15) is 0 Å². The summed E-state index contributed by atoms with van der Waals surface area (Å²) in [5.41, 5.74) is 3.18. The van der Waals surface area contributed by atoms with E-state index in [1.54, 1.807) is 13.2 Å². The molecule has 0 unspecified atom stereocenters. The third kappa shape index (κ3) is 5.05. The van der Waals surface area contributed by atoms with Gasteiger partial charge in [-0.3, -0.25) is 4.79 Å². The van der Waals surface area contributed by atoms with Gasteiger partial charge in [0.05, 0.1) is 7.11 Å². The fourth-order valence-corrected chi connectivity index (χ4v) is 2.65. The van der Waals surface area contributed by atoms with Gasteiger partial charge in [-0.05, 0) is 47.5 Å². The van der Waals surface area contributed by atoms with E-state index in [0.717, 1.165) is 27.8 Å². The molecule has 1 N–H and O–H groups in total. The fraction of sp³-hybridized carbons (Fsp3) is 0.143. The second-order valence-electron chi connectivity index (χ2n) is 5.84. The first-order valence-electron chi connectivity index (χ1n) is 8.13. The summed E-state index contributed by atoms with van der Waals surface area (Å²) in [4.78, 5) is 12.0. The maximum absolute atomic E-state index is 12.0. The minimum atomic E-state index is -0.116. The second-order valence-corrected chi connectivity index (χ2v) is 5.84. The molecule has 0 aliphatic carbocycles. The van der Waals surface area contributed by atoms with Crippen LogP contribution in [0.3, 0.4) is 0 Å². The van der Waals surface area contributed by atoms with E-state index in [0.29, 0.717) is 6.54 Å². The van der Waals surface area contributed by atoms with E-state index < -0.39 is 0 Å². The van der Waals surface area contributed by atoms with Crippen LogP contribution in [-0.4, -0.2) is 13.0 Å². The van der Waals surface area contributed by atoms with Crippen LogP contribution in [0.4, 0.5) is 0 Å². The van der Waals surface area contributed by atoms with Gasteiger partial charge in [0.1, 0.15) is 12.8 Å². The Bertz CT molecular complexity index is 921. The van der Waals surface area contributed by atoms with Gasteiger partial charge in [0.25, 0.3) is 0 Å². The maximum atomic E-state index is 12.0. The van der Waals surface area contributed by atoms with Gasteiger partial charge in [-0.15, -0.1) is 0 Å². The number of amides is 1. The lowest BCUT2D eigenvalue weighted by atomic mass is 10.1. The predicted octanol–water partition coefficient (Wildman–Crippen LogP) is 0.00650. The van der Waals surface area contributed by atoms with Crippen LogP contribution in [0, 0.1) is 0 Å². The van der Waals surface area contributed by atoms with Crippen LogP contribution in [0.25, 0.3) is 17.0 Å². The number of fused-ring (bicyclic) bond motifs is 1. The first-order valence-corrected chi connectivity index (χ1v) is 8.13. The van der Waals surface area contributed by atoms with E-state index in [1.165, 1.54) is 0 Å². The second kappa shape index (κ2) is 9.33. The molecule has 3 aromatic rings. The van der Waals surface area contributed by atoms with Gasteiger partial charge in [-0.1, -0.05) is 12.1 Å². The molecule has 0 aliphatic rings. The van der Waals surface area contributed by atoms with Crippen molar-refractivity contribution in [2.45, 2.75) is 6.54 Å². The zero-order valence-corrected chi connectivity index (χ0v) is 16.9. The van der Waals surface area contributed by atoms with Gasteiger partial charge in [0.15, 0.2) is 6.20 Å². The molecule has 3 rings (SSSR count). The normalized spacial score (nSPS) is 10.5. The third-order valence-corrected chi connectivity index (χ3v) is 4.07. The van der Waals surface area contributed by atoms with Crippen molar-refractivity contribution in [3.63, 3.8) is 0 Å². The molecule has 5 heteroatoms. The monoisotopic (exact) mass is 460 g/mol. The standard InChI is InChI=1S/C21H20N2O2.HI/c1-23-13-3-4-18-14-16(7-11-20(18)23)8-12-21(24)22-15-17-5-9-19(25-2)10-6-17;/h3-14H,15H2,1-2H3;1H. The number of pyridine rings is 1. The lowest BCUT2D eigenvalue weighted by molar-refractivity contribution is -0.644. The van der Waals surface area contributed by atoms with Crippen molar-refractivity contribution in [2.24, 2.45) is 7.05 Å². The van der Waals surface area contributed by atoms with Gasteiger partial charge in [0, 0.05) is 30.1 Å².